The molecule has 0 aromatic rings. The van der Waals surface area contributed by atoms with Gasteiger partial charge in [0.25, 0.3) is 0 Å². The van der Waals surface area contributed by atoms with E-state index in [0.717, 1.165) is 0 Å². The molecule has 0 radical (unpaired) electrons. The third-order valence-electron chi connectivity index (χ3n) is 2.73. The molecular weight excluding hydrogens is 256 g/mol. The Hall–Kier alpha value is -0.950. The lowest BCUT2D eigenvalue weighted by atomic mass is 10.2. The number of thioether (sulfide) groups is 1. The number of nitrogens with zero attached hydrogens (tertiary/aromatic N) is 1. The number of ether oxygens (including phenoxy) is 1. The number of hydrogen-bond acceptors (Lipinski definition) is 4. The molecule has 0 bridgehead atoms. The Labute approximate surface area is 111 Å². The van der Waals surface area contributed by atoms with Gasteiger partial charge in [-0.25, -0.2) is 9.59 Å². The molecule has 1 heterocycles. The van der Waals surface area contributed by atoms with E-state index in [-0.39, 0.29) is 12.1 Å². The van der Waals surface area contributed by atoms with E-state index < -0.39 is 12.0 Å². The summed E-state index contributed by atoms with van der Waals surface area (Å²) < 4.78 is 5.33. The summed E-state index contributed by atoms with van der Waals surface area (Å²) in [5, 5.41) is 11.6. The van der Waals surface area contributed by atoms with Gasteiger partial charge < -0.3 is 20.1 Å². The van der Waals surface area contributed by atoms with Crippen LogP contribution in [-0.2, 0) is 9.53 Å². The van der Waals surface area contributed by atoms with Crippen LogP contribution >= 0.6 is 11.8 Å². The zero-order valence-corrected chi connectivity index (χ0v) is 11.5. The molecule has 0 aromatic heterocycles. The number of morpholine rings is 1. The second-order valence-electron chi connectivity index (χ2n) is 4.25. The van der Waals surface area contributed by atoms with Crippen LogP contribution in [0.5, 0.6) is 0 Å². The molecule has 1 aliphatic rings. The fourth-order valence-electron chi connectivity index (χ4n) is 1.74. The van der Waals surface area contributed by atoms with Crippen LogP contribution in [0.15, 0.2) is 0 Å². The molecule has 2 N–H and O–H groups in total. The molecule has 104 valence electrons. The van der Waals surface area contributed by atoms with Gasteiger partial charge in [-0.1, -0.05) is 0 Å². The van der Waals surface area contributed by atoms with Gasteiger partial charge in [-0.05, 0) is 25.4 Å². The normalized spacial score (nSPS) is 21.4. The molecule has 0 saturated carbocycles. The number of carboxylic acid groups (broad SMARTS) is 1. The summed E-state index contributed by atoms with van der Waals surface area (Å²) >= 11 is 1.56. The van der Waals surface area contributed by atoms with Crippen LogP contribution in [0.3, 0.4) is 0 Å². The Morgan fingerprint density at radius 2 is 2.33 bits per heavy atom. The van der Waals surface area contributed by atoms with E-state index in [0.29, 0.717) is 31.9 Å². The Morgan fingerprint density at radius 1 is 1.61 bits per heavy atom. The van der Waals surface area contributed by atoms with Crippen molar-refractivity contribution in [3.05, 3.63) is 0 Å². The molecule has 1 aliphatic heterocycles. The molecule has 7 heteroatoms. The Bertz CT molecular complexity index is 301. The third kappa shape index (κ3) is 4.73. The zero-order chi connectivity index (χ0) is 13.5. The summed E-state index contributed by atoms with van der Waals surface area (Å²) in [7, 11) is 0. The van der Waals surface area contributed by atoms with Gasteiger partial charge in [0.05, 0.1) is 12.7 Å². The summed E-state index contributed by atoms with van der Waals surface area (Å²) in [5.41, 5.74) is 0. The van der Waals surface area contributed by atoms with Gasteiger partial charge in [-0.3, -0.25) is 0 Å². The second kappa shape index (κ2) is 7.48. The number of hydrogen-bond donors (Lipinski definition) is 2. The highest BCUT2D eigenvalue weighted by Gasteiger charge is 2.25. The van der Waals surface area contributed by atoms with E-state index in [2.05, 4.69) is 5.32 Å². The smallest absolute Gasteiger partial charge is 0.326 e. The number of amides is 2. The second-order valence-corrected chi connectivity index (χ2v) is 5.23. The number of aliphatic carboxylic acids is 1. The molecular formula is C11H20N2O4S. The number of nitrogens with one attached hydrogen (secondary N) is 1. The molecule has 0 aromatic carbocycles. The highest BCUT2D eigenvalue weighted by atomic mass is 32.2. The van der Waals surface area contributed by atoms with Crippen LogP contribution in [-0.4, -0.2) is 65.9 Å². The van der Waals surface area contributed by atoms with Crippen molar-refractivity contribution < 1.29 is 19.4 Å². The standard InChI is InChI=1S/C11H20N2O4S/c1-8-7-13(4-5-17-8)11(16)12-9(10(14)15)3-6-18-2/h8-9H,3-7H2,1-2H3,(H,12,16)(H,14,15)/t8?,9-/m1/s1. The van der Waals surface area contributed by atoms with Crippen molar-refractivity contribution in [2.45, 2.75) is 25.5 Å². The lowest BCUT2D eigenvalue weighted by Crippen LogP contribution is -2.53. The number of carboxylic acids is 1. The summed E-state index contributed by atoms with van der Waals surface area (Å²) in [6.07, 6.45) is 2.34. The molecule has 0 aliphatic carbocycles. The van der Waals surface area contributed by atoms with Gasteiger partial charge in [0, 0.05) is 13.1 Å². The number of rotatable bonds is 5. The molecule has 6 nitrogen and oxygen atoms in total. The van der Waals surface area contributed by atoms with Crippen molar-refractivity contribution in [1.82, 2.24) is 10.2 Å². The van der Waals surface area contributed by atoms with Crippen LogP contribution in [0.4, 0.5) is 4.79 Å². The topological polar surface area (TPSA) is 78.9 Å². The van der Waals surface area contributed by atoms with Crippen molar-refractivity contribution >= 4 is 23.8 Å². The summed E-state index contributed by atoms with van der Waals surface area (Å²) in [6, 6.07) is -1.14. The largest absolute Gasteiger partial charge is 0.480 e. The van der Waals surface area contributed by atoms with Crippen LogP contribution in [0, 0.1) is 0 Å². The van der Waals surface area contributed by atoms with Gasteiger partial charge in [0.2, 0.25) is 0 Å². The van der Waals surface area contributed by atoms with Gasteiger partial charge in [-0.2, -0.15) is 11.8 Å². The SMILES string of the molecule is CSCC[C@@H](NC(=O)N1CCOC(C)C1)C(=O)O. The highest BCUT2D eigenvalue weighted by molar-refractivity contribution is 7.98. The number of carbonyl (C=O) groups is 2. The van der Waals surface area contributed by atoms with E-state index in [1.54, 1.807) is 16.7 Å². The lowest BCUT2D eigenvalue weighted by molar-refractivity contribution is -0.139. The first kappa shape index (κ1) is 15.1. The molecule has 2 amide bonds. The monoisotopic (exact) mass is 276 g/mol. The Balaban J connectivity index is 2.46. The van der Waals surface area contributed by atoms with E-state index in [1.807, 2.05) is 13.2 Å². The minimum atomic E-state index is -0.987. The van der Waals surface area contributed by atoms with Crippen molar-refractivity contribution in [2.24, 2.45) is 0 Å². The molecule has 18 heavy (non-hydrogen) atoms. The number of carbonyl (C=O) groups excluding carboxylic acids is 1. The average Bonchev–Trinajstić information content (AvgIpc) is 2.33. The minimum Gasteiger partial charge on any atom is -0.480 e. The van der Waals surface area contributed by atoms with Crippen LogP contribution in [0.1, 0.15) is 13.3 Å². The highest BCUT2D eigenvalue weighted by Crippen LogP contribution is 2.06. The Kier molecular flexibility index (Phi) is 6.28. The molecule has 1 saturated heterocycles. The summed E-state index contributed by atoms with van der Waals surface area (Å²) in [5.74, 6) is -0.282. The third-order valence-corrected chi connectivity index (χ3v) is 3.38. The zero-order valence-electron chi connectivity index (χ0n) is 10.7. The first-order chi connectivity index (χ1) is 8.54. The summed E-state index contributed by atoms with van der Waals surface area (Å²) in [6.45, 7) is 3.39. The van der Waals surface area contributed by atoms with Crippen LogP contribution in [0.25, 0.3) is 0 Å². The van der Waals surface area contributed by atoms with Crippen molar-refractivity contribution in [3.8, 4) is 0 Å². The van der Waals surface area contributed by atoms with Crippen molar-refractivity contribution in [2.75, 3.05) is 31.7 Å². The van der Waals surface area contributed by atoms with E-state index >= 15 is 0 Å². The predicted molar refractivity (Wildman–Crippen MR) is 69.9 cm³/mol. The van der Waals surface area contributed by atoms with Crippen molar-refractivity contribution in [3.63, 3.8) is 0 Å². The minimum absolute atomic E-state index is 0.000949. The van der Waals surface area contributed by atoms with Crippen molar-refractivity contribution in [1.29, 1.82) is 0 Å². The fourth-order valence-corrected chi connectivity index (χ4v) is 2.21. The maximum atomic E-state index is 11.9. The quantitative estimate of drug-likeness (QED) is 0.769. The first-order valence-corrected chi connectivity index (χ1v) is 7.32. The fraction of sp³-hybridized carbons (Fsp3) is 0.818. The van der Waals surface area contributed by atoms with Gasteiger partial charge in [-0.15, -0.1) is 0 Å². The van der Waals surface area contributed by atoms with E-state index in [1.165, 1.54) is 0 Å². The summed E-state index contributed by atoms with van der Waals surface area (Å²) in [4.78, 5) is 24.5. The van der Waals surface area contributed by atoms with Crippen LogP contribution < -0.4 is 5.32 Å². The van der Waals surface area contributed by atoms with Gasteiger partial charge >= 0.3 is 12.0 Å². The van der Waals surface area contributed by atoms with E-state index in [9.17, 15) is 9.59 Å². The van der Waals surface area contributed by atoms with Crippen LogP contribution in [0.2, 0.25) is 0 Å². The molecule has 2 atom stereocenters. The maximum absolute atomic E-state index is 11.9. The Morgan fingerprint density at radius 3 is 2.89 bits per heavy atom. The molecule has 1 rings (SSSR count). The predicted octanol–water partition coefficient (Wildman–Crippen LogP) is 0.623. The first-order valence-electron chi connectivity index (χ1n) is 5.93. The molecule has 1 fully saturated rings. The van der Waals surface area contributed by atoms with Gasteiger partial charge in [0.15, 0.2) is 0 Å². The van der Waals surface area contributed by atoms with Gasteiger partial charge in [0.1, 0.15) is 6.04 Å². The molecule has 0 spiro atoms. The number of urea groups is 1. The maximum Gasteiger partial charge on any atom is 0.326 e. The van der Waals surface area contributed by atoms with E-state index in [4.69, 9.17) is 9.84 Å². The molecule has 1 unspecified atom stereocenters. The lowest BCUT2D eigenvalue weighted by Gasteiger charge is -2.32. The average molecular weight is 276 g/mol.